The number of rotatable bonds is 6. The van der Waals surface area contributed by atoms with Crippen LogP contribution in [-0.2, 0) is 11.3 Å². The van der Waals surface area contributed by atoms with Crippen molar-refractivity contribution in [3.05, 3.63) is 29.8 Å². The van der Waals surface area contributed by atoms with Crippen LogP contribution in [0.3, 0.4) is 0 Å². The molecular weight excluding hydrogens is 324 g/mol. The van der Waals surface area contributed by atoms with E-state index < -0.39 is 0 Å². The fourth-order valence-electron chi connectivity index (χ4n) is 2.60. The molecule has 8 heteroatoms. The van der Waals surface area contributed by atoms with E-state index in [1.165, 1.54) is 7.11 Å². The maximum absolute atomic E-state index is 11.8. The van der Waals surface area contributed by atoms with E-state index in [2.05, 4.69) is 15.5 Å². The summed E-state index contributed by atoms with van der Waals surface area (Å²) in [5.41, 5.74) is 1.01. The lowest BCUT2D eigenvalue weighted by atomic mass is 10.2. The summed E-state index contributed by atoms with van der Waals surface area (Å²) in [4.78, 5) is 27.1. The standard InChI is InChI=1S/C17H26N4O4/c1-24-15-5-3-14(4-6-15)13-19-16(22)18-7-8-20-9-11-21(12-10-20)17(23)25-2/h3-6H,7-13H2,1-2H3,(H2,18,19,22). The smallest absolute Gasteiger partial charge is 0.409 e. The van der Waals surface area contributed by atoms with Crippen molar-refractivity contribution in [1.29, 1.82) is 0 Å². The number of carbonyl (C=O) groups excluding carboxylic acids is 2. The van der Waals surface area contributed by atoms with Gasteiger partial charge in [0, 0.05) is 45.8 Å². The molecule has 1 fully saturated rings. The van der Waals surface area contributed by atoms with Crippen molar-refractivity contribution >= 4 is 12.1 Å². The highest BCUT2D eigenvalue weighted by Crippen LogP contribution is 2.10. The van der Waals surface area contributed by atoms with Gasteiger partial charge in [0.1, 0.15) is 5.75 Å². The van der Waals surface area contributed by atoms with Crippen molar-refractivity contribution in [3.63, 3.8) is 0 Å². The monoisotopic (exact) mass is 350 g/mol. The fourth-order valence-corrected chi connectivity index (χ4v) is 2.60. The molecule has 2 rings (SSSR count). The van der Waals surface area contributed by atoms with Crippen molar-refractivity contribution in [1.82, 2.24) is 20.4 Å². The normalized spacial score (nSPS) is 14.7. The van der Waals surface area contributed by atoms with Crippen molar-refractivity contribution < 1.29 is 19.1 Å². The molecule has 0 aliphatic carbocycles. The Morgan fingerprint density at radius 2 is 1.72 bits per heavy atom. The summed E-state index contributed by atoms with van der Waals surface area (Å²) in [5.74, 6) is 0.792. The van der Waals surface area contributed by atoms with E-state index in [1.807, 2.05) is 24.3 Å². The van der Waals surface area contributed by atoms with Gasteiger partial charge < -0.3 is 25.0 Å². The number of nitrogens with zero attached hydrogens (tertiary/aromatic N) is 2. The summed E-state index contributed by atoms with van der Waals surface area (Å²) in [5, 5.41) is 5.67. The topological polar surface area (TPSA) is 83.1 Å². The van der Waals surface area contributed by atoms with Crippen LogP contribution in [0.4, 0.5) is 9.59 Å². The Balaban J connectivity index is 1.58. The van der Waals surface area contributed by atoms with Gasteiger partial charge >= 0.3 is 12.1 Å². The van der Waals surface area contributed by atoms with E-state index >= 15 is 0 Å². The molecule has 0 saturated carbocycles. The van der Waals surface area contributed by atoms with Crippen LogP contribution in [0.5, 0.6) is 5.75 Å². The first-order valence-electron chi connectivity index (χ1n) is 8.32. The third kappa shape index (κ3) is 6.15. The maximum Gasteiger partial charge on any atom is 0.409 e. The second kappa shape index (κ2) is 9.73. The Hall–Kier alpha value is -2.48. The number of ether oxygens (including phenoxy) is 2. The lowest BCUT2D eigenvalue weighted by molar-refractivity contribution is 0.0915. The van der Waals surface area contributed by atoms with Crippen LogP contribution in [0.2, 0.25) is 0 Å². The molecule has 1 aromatic rings. The summed E-state index contributed by atoms with van der Waals surface area (Å²) in [6.07, 6.45) is -0.282. The quantitative estimate of drug-likeness (QED) is 0.796. The molecule has 1 heterocycles. The Kier molecular flexibility index (Phi) is 7.34. The van der Waals surface area contributed by atoms with Crippen LogP contribution in [-0.4, -0.2) is 75.4 Å². The summed E-state index contributed by atoms with van der Waals surface area (Å²) in [7, 11) is 3.01. The molecule has 0 atom stereocenters. The number of carbonyl (C=O) groups is 2. The van der Waals surface area contributed by atoms with Gasteiger partial charge in [-0.1, -0.05) is 12.1 Å². The maximum atomic E-state index is 11.8. The second-order valence-electron chi connectivity index (χ2n) is 5.76. The first-order valence-corrected chi connectivity index (χ1v) is 8.32. The zero-order chi connectivity index (χ0) is 18.1. The van der Waals surface area contributed by atoms with Gasteiger partial charge in [-0.05, 0) is 17.7 Å². The molecular formula is C17H26N4O4. The second-order valence-corrected chi connectivity index (χ2v) is 5.76. The van der Waals surface area contributed by atoms with E-state index in [-0.39, 0.29) is 12.1 Å². The zero-order valence-electron chi connectivity index (χ0n) is 14.8. The van der Waals surface area contributed by atoms with Gasteiger partial charge in [0.15, 0.2) is 0 Å². The number of benzene rings is 1. The Morgan fingerprint density at radius 1 is 1.04 bits per heavy atom. The lowest BCUT2D eigenvalue weighted by Gasteiger charge is -2.33. The van der Waals surface area contributed by atoms with Gasteiger partial charge in [0.25, 0.3) is 0 Å². The zero-order valence-corrected chi connectivity index (χ0v) is 14.8. The minimum atomic E-state index is -0.282. The van der Waals surface area contributed by atoms with Crippen molar-refractivity contribution in [2.24, 2.45) is 0 Å². The molecule has 2 N–H and O–H groups in total. The van der Waals surface area contributed by atoms with Gasteiger partial charge in [-0.3, -0.25) is 4.90 Å². The molecule has 0 aromatic heterocycles. The Labute approximate surface area is 148 Å². The highest BCUT2D eigenvalue weighted by Gasteiger charge is 2.20. The minimum absolute atomic E-state index is 0.191. The molecule has 25 heavy (non-hydrogen) atoms. The third-order valence-corrected chi connectivity index (χ3v) is 4.13. The van der Waals surface area contributed by atoms with Crippen LogP contribution in [0.25, 0.3) is 0 Å². The molecule has 0 spiro atoms. The molecule has 1 aliphatic heterocycles. The number of nitrogens with one attached hydrogen (secondary N) is 2. The average Bonchev–Trinajstić information content (AvgIpc) is 2.66. The number of piperazine rings is 1. The molecule has 0 bridgehead atoms. The van der Waals surface area contributed by atoms with Gasteiger partial charge in [-0.25, -0.2) is 9.59 Å². The molecule has 8 nitrogen and oxygen atoms in total. The Morgan fingerprint density at radius 3 is 2.32 bits per heavy atom. The Bertz CT molecular complexity index is 556. The van der Waals surface area contributed by atoms with E-state index in [9.17, 15) is 9.59 Å². The predicted octanol–water partition coefficient (Wildman–Crippen LogP) is 0.878. The molecule has 138 valence electrons. The molecule has 0 unspecified atom stereocenters. The van der Waals surface area contributed by atoms with Gasteiger partial charge in [0.2, 0.25) is 0 Å². The van der Waals surface area contributed by atoms with E-state index in [0.29, 0.717) is 26.2 Å². The van der Waals surface area contributed by atoms with Gasteiger partial charge in [-0.2, -0.15) is 0 Å². The van der Waals surface area contributed by atoms with E-state index in [4.69, 9.17) is 9.47 Å². The highest BCUT2D eigenvalue weighted by molar-refractivity contribution is 5.73. The van der Waals surface area contributed by atoms with Crippen LogP contribution >= 0.6 is 0 Å². The van der Waals surface area contributed by atoms with Crippen molar-refractivity contribution in [2.75, 3.05) is 53.5 Å². The minimum Gasteiger partial charge on any atom is -0.497 e. The lowest BCUT2D eigenvalue weighted by Crippen LogP contribution is -2.50. The predicted molar refractivity (Wildman–Crippen MR) is 93.7 cm³/mol. The molecule has 1 aliphatic rings. The molecule has 3 amide bonds. The number of hydrogen-bond donors (Lipinski definition) is 2. The largest absolute Gasteiger partial charge is 0.497 e. The summed E-state index contributed by atoms with van der Waals surface area (Å²) < 4.78 is 9.81. The number of urea groups is 1. The molecule has 1 aromatic carbocycles. The number of amides is 3. The number of methoxy groups -OCH3 is 2. The summed E-state index contributed by atoms with van der Waals surface area (Å²) in [6.45, 7) is 4.65. The van der Waals surface area contributed by atoms with E-state index in [1.54, 1.807) is 12.0 Å². The fraction of sp³-hybridized carbons (Fsp3) is 0.529. The number of hydrogen-bond acceptors (Lipinski definition) is 5. The third-order valence-electron chi connectivity index (χ3n) is 4.13. The van der Waals surface area contributed by atoms with Crippen molar-refractivity contribution in [2.45, 2.75) is 6.54 Å². The van der Waals surface area contributed by atoms with Crippen LogP contribution in [0.15, 0.2) is 24.3 Å². The van der Waals surface area contributed by atoms with E-state index in [0.717, 1.165) is 30.9 Å². The van der Waals surface area contributed by atoms with Crippen molar-refractivity contribution in [3.8, 4) is 5.75 Å². The van der Waals surface area contributed by atoms with Crippen LogP contribution in [0.1, 0.15) is 5.56 Å². The first-order chi connectivity index (χ1) is 12.1. The molecule has 1 saturated heterocycles. The summed E-state index contributed by atoms with van der Waals surface area (Å²) in [6, 6.07) is 7.37. The first kappa shape index (κ1) is 18.9. The van der Waals surface area contributed by atoms with Gasteiger partial charge in [0.05, 0.1) is 14.2 Å². The molecule has 0 radical (unpaired) electrons. The average molecular weight is 350 g/mol. The summed E-state index contributed by atoms with van der Waals surface area (Å²) >= 11 is 0. The SMILES string of the molecule is COC(=O)N1CCN(CCNC(=O)NCc2ccc(OC)cc2)CC1. The van der Waals surface area contributed by atoms with Crippen LogP contribution in [0, 0.1) is 0 Å². The van der Waals surface area contributed by atoms with Crippen LogP contribution < -0.4 is 15.4 Å². The van der Waals surface area contributed by atoms with Gasteiger partial charge in [-0.15, -0.1) is 0 Å². The highest BCUT2D eigenvalue weighted by atomic mass is 16.5.